The average molecular weight is 284 g/mol. The number of thioether (sulfide) groups is 1. The van der Waals surface area contributed by atoms with Gasteiger partial charge in [-0.25, -0.2) is 0 Å². The molecule has 0 saturated carbocycles. The zero-order valence-electron chi connectivity index (χ0n) is 12.6. The van der Waals surface area contributed by atoms with Crippen LogP contribution >= 0.6 is 11.8 Å². The Kier molecular flexibility index (Phi) is 5.65. The van der Waals surface area contributed by atoms with Crippen LogP contribution in [0.15, 0.2) is 4.99 Å². The Bertz CT molecular complexity index is 437. The zero-order valence-corrected chi connectivity index (χ0v) is 13.4. The number of nitrogens with zero attached hydrogens (tertiary/aromatic N) is 4. The van der Waals surface area contributed by atoms with E-state index in [2.05, 4.69) is 45.9 Å². The van der Waals surface area contributed by atoms with Crippen molar-refractivity contribution in [2.45, 2.75) is 32.1 Å². The molecule has 0 aliphatic heterocycles. The van der Waals surface area contributed by atoms with Gasteiger partial charge in [-0.1, -0.05) is 0 Å². The van der Waals surface area contributed by atoms with Gasteiger partial charge >= 0.3 is 0 Å². The molecule has 0 spiro atoms. The molecule has 0 unspecified atom stereocenters. The number of guanidine groups is 1. The van der Waals surface area contributed by atoms with Gasteiger partial charge in [0.1, 0.15) is 5.82 Å². The Morgan fingerprint density at radius 2 is 2.05 bits per heavy atom. The molecule has 19 heavy (non-hydrogen) atoms. The number of aryl methyl sites for hydroxylation is 1. The van der Waals surface area contributed by atoms with E-state index in [-0.39, 0.29) is 4.75 Å². The Morgan fingerprint density at radius 3 is 2.53 bits per heavy atom. The molecule has 0 atom stereocenters. The van der Waals surface area contributed by atoms with Crippen molar-refractivity contribution in [3.8, 4) is 0 Å². The average Bonchev–Trinajstić information content (AvgIpc) is 2.70. The van der Waals surface area contributed by atoms with Gasteiger partial charge in [-0.15, -0.1) is 10.2 Å². The Hall–Kier alpha value is -1.24. The molecule has 0 aliphatic carbocycles. The van der Waals surface area contributed by atoms with Crippen molar-refractivity contribution < 1.29 is 0 Å². The predicted molar refractivity (Wildman–Crippen MR) is 81.5 cm³/mol. The lowest BCUT2D eigenvalue weighted by atomic mass is 10.2. The van der Waals surface area contributed by atoms with E-state index in [0.717, 1.165) is 24.2 Å². The second kappa shape index (κ2) is 6.79. The van der Waals surface area contributed by atoms with Crippen LogP contribution in [-0.2, 0) is 13.6 Å². The lowest BCUT2D eigenvalue weighted by molar-refractivity contribution is 0.656. The van der Waals surface area contributed by atoms with Crippen molar-refractivity contribution in [1.29, 1.82) is 0 Å². The van der Waals surface area contributed by atoms with E-state index in [1.165, 1.54) is 0 Å². The Balaban J connectivity index is 2.48. The minimum atomic E-state index is 0.180. The van der Waals surface area contributed by atoms with E-state index in [1.54, 1.807) is 7.05 Å². The highest BCUT2D eigenvalue weighted by Crippen LogP contribution is 2.19. The minimum Gasteiger partial charge on any atom is -0.355 e. The normalized spacial score (nSPS) is 12.6. The van der Waals surface area contributed by atoms with Crippen LogP contribution in [0.4, 0.5) is 0 Å². The lowest BCUT2D eigenvalue weighted by Crippen LogP contribution is -2.43. The molecule has 1 aromatic heterocycles. The molecular weight excluding hydrogens is 260 g/mol. The van der Waals surface area contributed by atoms with Crippen LogP contribution in [0, 0.1) is 6.92 Å². The third-order valence-electron chi connectivity index (χ3n) is 3.05. The standard InChI is InChI=1S/C12H24N6S/c1-9-16-17-10(18(9)5)7-14-11(13-4)15-8-12(2,3)19-6/h7-8H2,1-6H3,(H2,13,14,15). The van der Waals surface area contributed by atoms with Crippen molar-refractivity contribution >= 4 is 17.7 Å². The summed E-state index contributed by atoms with van der Waals surface area (Å²) in [4.78, 5) is 4.20. The molecule has 0 amide bonds. The van der Waals surface area contributed by atoms with E-state index in [0.29, 0.717) is 6.54 Å². The molecule has 0 aliphatic rings. The monoisotopic (exact) mass is 284 g/mol. The summed E-state index contributed by atoms with van der Waals surface area (Å²) >= 11 is 1.83. The maximum atomic E-state index is 4.20. The van der Waals surface area contributed by atoms with Crippen LogP contribution in [0.2, 0.25) is 0 Å². The second-order valence-electron chi connectivity index (χ2n) is 4.97. The summed E-state index contributed by atoms with van der Waals surface area (Å²) in [6.07, 6.45) is 2.11. The molecule has 108 valence electrons. The lowest BCUT2D eigenvalue weighted by Gasteiger charge is -2.23. The topological polar surface area (TPSA) is 67.1 Å². The molecule has 0 aromatic carbocycles. The highest BCUT2D eigenvalue weighted by Gasteiger charge is 2.16. The molecule has 1 heterocycles. The zero-order chi connectivity index (χ0) is 14.5. The molecule has 2 N–H and O–H groups in total. The maximum Gasteiger partial charge on any atom is 0.191 e. The molecule has 0 bridgehead atoms. The Morgan fingerprint density at radius 1 is 1.37 bits per heavy atom. The smallest absolute Gasteiger partial charge is 0.191 e. The van der Waals surface area contributed by atoms with Crippen molar-refractivity contribution in [2.75, 3.05) is 19.8 Å². The largest absolute Gasteiger partial charge is 0.355 e. The molecule has 1 aromatic rings. The molecule has 0 saturated heterocycles. The van der Waals surface area contributed by atoms with Gasteiger partial charge in [-0.2, -0.15) is 11.8 Å². The van der Waals surface area contributed by atoms with Gasteiger partial charge in [0.15, 0.2) is 11.8 Å². The maximum absolute atomic E-state index is 4.20. The fourth-order valence-corrected chi connectivity index (χ4v) is 1.57. The third kappa shape index (κ3) is 4.74. The van der Waals surface area contributed by atoms with E-state index in [4.69, 9.17) is 0 Å². The fraction of sp³-hybridized carbons (Fsp3) is 0.750. The van der Waals surface area contributed by atoms with Crippen LogP contribution in [0.25, 0.3) is 0 Å². The highest BCUT2D eigenvalue weighted by atomic mass is 32.2. The number of nitrogens with one attached hydrogen (secondary N) is 2. The summed E-state index contributed by atoms with van der Waals surface area (Å²) in [6.45, 7) is 7.79. The van der Waals surface area contributed by atoms with Gasteiger partial charge in [0.25, 0.3) is 0 Å². The molecule has 7 heteroatoms. The molecule has 1 rings (SSSR count). The first kappa shape index (κ1) is 15.8. The second-order valence-corrected chi connectivity index (χ2v) is 6.48. The Labute approximate surface area is 119 Å². The first-order chi connectivity index (χ1) is 8.89. The summed E-state index contributed by atoms with van der Waals surface area (Å²) in [5.74, 6) is 2.58. The van der Waals surface area contributed by atoms with E-state index >= 15 is 0 Å². The van der Waals surface area contributed by atoms with Crippen LogP contribution in [0.5, 0.6) is 0 Å². The van der Waals surface area contributed by atoms with Crippen LogP contribution in [-0.4, -0.2) is 45.3 Å². The van der Waals surface area contributed by atoms with E-state index in [9.17, 15) is 0 Å². The molecular formula is C12H24N6S. The van der Waals surface area contributed by atoms with Crippen LogP contribution < -0.4 is 10.6 Å². The van der Waals surface area contributed by atoms with Gasteiger partial charge < -0.3 is 15.2 Å². The number of rotatable bonds is 5. The summed E-state index contributed by atoms with van der Waals surface area (Å²) < 4.78 is 2.14. The first-order valence-corrected chi connectivity index (χ1v) is 7.46. The predicted octanol–water partition coefficient (Wildman–Crippen LogP) is 0.930. The summed E-state index contributed by atoms with van der Waals surface area (Å²) in [7, 11) is 3.72. The quantitative estimate of drug-likeness (QED) is 0.622. The van der Waals surface area contributed by atoms with Crippen molar-refractivity contribution in [3.05, 3.63) is 11.6 Å². The van der Waals surface area contributed by atoms with Crippen LogP contribution in [0.3, 0.4) is 0 Å². The SMILES string of the molecule is CN=C(NCc1nnc(C)n1C)NCC(C)(C)SC. The number of aliphatic imine (C=N–C) groups is 1. The van der Waals surface area contributed by atoms with Gasteiger partial charge in [0.2, 0.25) is 0 Å². The van der Waals surface area contributed by atoms with Gasteiger partial charge in [-0.05, 0) is 27.0 Å². The number of hydrogen-bond acceptors (Lipinski definition) is 4. The first-order valence-electron chi connectivity index (χ1n) is 6.24. The molecule has 0 radical (unpaired) electrons. The fourth-order valence-electron chi connectivity index (χ4n) is 1.36. The van der Waals surface area contributed by atoms with Crippen LogP contribution in [0.1, 0.15) is 25.5 Å². The van der Waals surface area contributed by atoms with E-state index in [1.807, 2.05) is 30.3 Å². The molecule has 6 nitrogen and oxygen atoms in total. The minimum absolute atomic E-state index is 0.180. The summed E-state index contributed by atoms with van der Waals surface area (Å²) in [5, 5.41) is 14.7. The number of hydrogen-bond donors (Lipinski definition) is 2. The summed E-state index contributed by atoms with van der Waals surface area (Å²) in [6, 6.07) is 0. The van der Waals surface area contributed by atoms with E-state index < -0.39 is 0 Å². The third-order valence-corrected chi connectivity index (χ3v) is 4.30. The van der Waals surface area contributed by atoms with Gasteiger partial charge in [0.05, 0.1) is 6.54 Å². The molecule has 0 fully saturated rings. The van der Waals surface area contributed by atoms with Crippen molar-refractivity contribution in [3.63, 3.8) is 0 Å². The number of aromatic nitrogens is 3. The van der Waals surface area contributed by atoms with Crippen molar-refractivity contribution in [1.82, 2.24) is 25.4 Å². The summed E-state index contributed by atoms with van der Waals surface area (Å²) in [5.41, 5.74) is 0. The van der Waals surface area contributed by atoms with Gasteiger partial charge in [0, 0.05) is 25.4 Å². The van der Waals surface area contributed by atoms with Gasteiger partial charge in [-0.3, -0.25) is 4.99 Å². The van der Waals surface area contributed by atoms with Crippen molar-refractivity contribution in [2.24, 2.45) is 12.0 Å². The highest BCUT2D eigenvalue weighted by molar-refractivity contribution is 7.99.